The van der Waals surface area contributed by atoms with Crippen LogP contribution in [-0.4, -0.2) is 12.2 Å². The predicted octanol–water partition coefficient (Wildman–Crippen LogP) is 4.41. The molecule has 0 aromatic rings. The molecule has 0 aromatic carbocycles. The van der Waals surface area contributed by atoms with Crippen LogP contribution in [0.2, 0.25) is 0 Å². The molecule has 0 radical (unpaired) electrons. The van der Waals surface area contributed by atoms with Gasteiger partial charge in [0.25, 0.3) is 0 Å². The van der Waals surface area contributed by atoms with Crippen LogP contribution in [0.4, 0.5) is 0 Å². The Labute approximate surface area is 90.2 Å². The third-order valence-electron chi connectivity index (χ3n) is 3.68. The van der Waals surface area contributed by atoms with Gasteiger partial charge < -0.3 is 4.74 Å². The van der Waals surface area contributed by atoms with Gasteiger partial charge >= 0.3 is 0 Å². The minimum atomic E-state index is 0.101. The molecule has 0 aliphatic rings. The molecule has 0 bridgehead atoms. The van der Waals surface area contributed by atoms with Gasteiger partial charge in [0.2, 0.25) is 0 Å². The lowest BCUT2D eigenvalue weighted by molar-refractivity contribution is -0.0471. The van der Waals surface area contributed by atoms with Crippen molar-refractivity contribution in [2.45, 2.75) is 72.8 Å². The summed E-state index contributed by atoms with van der Waals surface area (Å²) >= 11 is 0. The van der Waals surface area contributed by atoms with Crippen molar-refractivity contribution in [3.63, 3.8) is 0 Å². The monoisotopic (exact) mass is 200 g/mol. The molecular weight excluding hydrogens is 172 g/mol. The van der Waals surface area contributed by atoms with E-state index in [1.807, 2.05) is 0 Å². The smallest absolute Gasteiger partial charge is 0.0649 e. The summed E-state index contributed by atoms with van der Waals surface area (Å²) in [4.78, 5) is 0. The summed E-state index contributed by atoms with van der Waals surface area (Å²) in [6, 6.07) is 0. The Morgan fingerprint density at radius 1 is 0.857 bits per heavy atom. The Kier molecular flexibility index (Phi) is 5.73. The molecule has 0 aliphatic carbocycles. The third-order valence-corrected chi connectivity index (χ3v) is 3.68. The van der Waals surface area contributed by atoms with E-state index >= 15 is 0 Å². The van der Waals surface area contributed by atoms with Gasteiger partial charge in [-0.3, -0.25) is 0 Å². The number of ether oxygens (including phenoxy) is 1. The van der Waals surface area contributed by atoms with Crippen molar-refractivity contribution < 1.29 is 4.74 Å². The van der Waals surface area contributed by atoms with E-state index in [-0.39, 0.29) is 5.60 Å². The maximum atomic E-state index is 5.97. The summed E-state index contributed by atoms with van der Waals surface area (Å²) in [5.41, 5.74) is 0.534. The molecule has 0 fully saturated rings. The lowest BCUT2D eigenvalue weighted by Gasteiger charge is -2.30. The second-order valence-corrected chi connectivity index (χ2v) is 5.27. The van der Waals surface area contributed by atoms with Gasteiger partial charge in [0.15, 0.2) is 0 Å². The standard InChI is InChI=1S/C13H28O/c1-7-12(4,5)10-11-14-13(6,8-2)9-3/h7-11H2,1-6H3. The zero-order chi connectivity index (χ0) is 11.2. The second-order valence-electron chi connectivity index (χ2n) is 5.27. The maximum absolute atomic E-state index is 5.97. The quantitative estimate of drug-likeness (QED) is 0.591. The first-order valence-electron chi connectivity index (χ1n) is 6.03. The predicted molar refractivity (Wildman–Crippen MR) is 63.6 cm³/mol. The molecule has 86 valence electrons. The highest BCUT2D eigenvalue weighted by Gasteiger charge is 2.22. The van der Waals surface area contributed by atoms with Crippen LogP contribution in [0.3, 0.4) is 0 Å². The molecule has 0 heterocycles. The summed E-state index contributed by atoms with van der Waals surface area (Å²) < 4.78 is 5.97. The summed E-state index contributed by atoms with van der Waals surface area (Å²) in [5, 5.41) is 0. The van der Waals surface area contributed by atoms with Gasteiger partial charge in [0, 0.05) is 6.61 Å². The van der Waals surface area contributed by atoms with Crippen molar-refractivity contribution in [2.24, 2.45) is 5.41 Å². The van der Waals surface area contributed by atoms with Crippen LogP contribution in [0.25, 0.3) is 0 Å². The first kappa shape index (κ1) is 14.0. The van der Waals surface area contributed by atoms with E-state index < -0.39 is 0 Å². The molecule has 0 rings (SSSR count). The molecule has 0 amide bonds. The van der Waals surface area contributed by atoms with Gasteiger partial charge in [-0.15, -0.1) is 0 Å². The summed E-state index contributed by atoms with van der Waals surface area (Å²) in [7, 11) is 0. The SMILES string of the molecule is CCC(C)(C)CCOC(C)(CC)CC. The van der Waals surface area contributed by atoms with Crippen molar-refractivity contribution in [1.82, 2.24) is 0 Å². The fourth-order valence-electron chi connectivity index (χ4n) is 1.20. The fourth-order valence-corrected chi connectivity index (χ4v) is 1.20. The zero-order valence-electron chi connectivity index (χ0n) is 10.9. The molecule has 14 heavy (non-hydrogen) atoms. The van der Waals surface area contributed by atoms with Crippen molar-refractivity contribution in [2.75, 3.05) is 6.61 Å². The Hall–Kier alpha value is -0.0400. The van der Waals surface area contributed by atoms with E-state index in [0.717, 1.165) is 19.4 Å². The highest BCUT2D eigenvalue weighted by Crippen LogP contribution is 2.26. The van der Waals surface area contributed by atoms with Crippen LogP contribution in [0.5, 0.6) is 0 Å². The van der Waals surface area contributed by atoms with Crippen LogP contribution in [-0.2, 0) is 4.74 Å². The van der Waals surface area contributed by atoms with Crippen molar-refractivity contribution in [3.8, 4) is 0 Å². The normalized spacial score (nSPS) is 13.3. The summed E-state index contributed by atoms with van der Waals surface area (Å²) in [6.45, 7) is 14.4. The van der Waals surface area contributed by atoms with Gasteiger partial charge in [-0.25, -0.2) is 0 Å². The summed E-state index contributed by atoms with van der Waals surface area (Å²) in [5.74, 6) is 0. The first-order valence-corrected chi connectivity index (χ1v) is 6.03. The van der Waals surface area contributed by atoms with E-state index in [1.54, 1.807) is 0 Å². The molecule has 1 heteroatoms. The van der Waals surface area contributed by atoms with Crippen LogP contribution in [0.1, 0.15) is 67.2 Å². The van der Waals surface area contributed by atoms with Crippen molar-refractivity contribution >= 4 is 0 Å². The average molecular weight is 200 g/mol. The molecule has 0 unspecified atom stereocenters. The number of hydrogen-bond donors (Lipinski definition) is 0. The highest BCUT2D eigenvalue weighted by atomic mass is 16.5. The molecule has 0 aliphatic heterocycles. The number of hydrogen-bond acceptors (Lipinski definition) is 1. The lowest BCUT2D eigenvalue weighted by Crippen LogP contribution is -2.28. The van der Waals surface area contributed by atoms with E-state index in [1.165, 1.54) is 12.8 Å². The molecule has 0 atom stereocenters. The van der Waals surface area contributed by atoms with E-state index in [2.05, 4.69) is 41.5 Å². The van der Waals surface area contributed by atoms with Gasteiger partial charge in [-0.1, -0.05) is 41.0 Å². The Balaban J connectivity index is 3.83. The van der Waals surface area contributed by atoms with E-state index in [4.69, 9.17) is 4.74 Å². The first-order chi connectivity index (χ1) is 6.39. The van der Waals surface area contributed by atoms with Crippen LogP contribution in [0.15, 0.2) is 0 Å². The Morgan fingerprint density at radius 3 is 1.71 bits per heavy atom. The average Bonchev–Trinajstić information content (AvgIpc) is 2.17. The largest absolute Gasteiger partial charge is 0.375 e. The zero-order valence-corrected chi connectivity index (χ0v) is 10.9. The molecule has 0 aromatic heterocycles. The lowest BCUT2D eigenvalue weighted by atomic mass is 9.87. The molecule has 1 nitrogen and oxygen atoms in total. The van der Waals surface area contributed by atoms with Crippen LogP contribution >= 0.6 is 0 Å². The molecule has 0 saturated heterocycles. The summed E-state index contributed by atoms with van der Waals surface area (Å²) in [6.07, 6.45) is 4.61. The maximum Gasteiger partial charge on any atom is 0.0649 e. The van der Waals surface area contributed by atoms with Gasteiger partial charge in [-0.05, 0) is 31.6 Å². The van der Waals surface area contributed by atoms with Gasteiger partial charge in [-0.2, -0.15) is 0 Å². The van der Waals surface area contributed by atoms with E-state index in [0.29, 0.717) is 5.41 Å². The van der Waals surface area contributed by atoms with Gasteiger partial charge in [0.1, 0.15) is 0 Å². The Bertz CT molecular complexity index is 145. The van der Waals surface area contributed by atoms with Crippen molar-refractivity contribution in [1.29, 1.82) is 0 Å². The van der Waals surface area contributed by atoms with Crippen molar-refractivity contribution in [3.05, 3.63) is 0 Å². The fraction of sp³-hybridized carbons (Fsp3) is 1.00. The highest BCUT2D eigenvalue weighted by molar-refractivity contribution is 4.72. The van der Waals surface area contributed by atoms with Crippen LogP contribution < -0.4 is 0 Å². The van der Waals surface area contributed by atoms with E-state index in [9.17, 15) is 0 Å². The second kappa shape index (κ2) is 5.75. The van der Waals surface area contributed by atoms with Crippen LogP contribution in [0, 0.1) is 5.41 Å². The molecular formula is C13H28O. The molecule has 0 saturated carbocycles. The molecule has 0 N–H and O–H groups in total. The minimum Gasteiger partial charge on any atom is -0.375 e. The Morgan fingerprint density at radius 2 is 1.36 bits per heavy atom. The minimum absolute atomic E-state index is 0.101. The third kappa shape index (κ3) is 4.99. The molecule has 0 spiro atoms. The van der Waals surface area contributed by atoms with Gasteiger partial charge in [0.05, 0.1) is 5.60 Å². The number of rotatable bonds is 7. The topological polar surface area (TPSA) is 9.23 Å².